The Kier molecular flexibility index (Phi) is 6.79. The Morgan fingerprint density at radius 1 is 1.29 bits per heavy atom. The summed E-state index contributed by atoms with van der Waals surface area (Å²) in [4.78, 5) is 22.2. The molecule has 0 fully saturated rings. The van der Waals surface area contributed by atoms with Crippen LogP contribution in [-0.4, -0.2) is 25.2 Å². The monoisotopic (exact) mass is 235 g/mol. The second kappa shape index (κ2) is 7.88. The second-order valence-corrected chi connectivity index (χ2v) is 2.98. The predicted octanol–water partition coefficient (Wildman–Crippen LogP) is 1.28. The molecule has 17 heavy (non-hydrogen) atoms. The van der Waals surface area contributed by atoms with Gasteiger partial charge < -0.3 is 9.47 Å². The molecule has 5 heteroatoms. The van der Waals surface area contributed by atoms with Crippen LogP contribution >= 0.6 is 0 Å². The van der Waals surface area contributed by atoms with Crippen molar-refractivity contribution in [2.24, 2.45) is 0 Å². The van der Waals surface area contributed by atoms with Gasteiger partial charge in [-0.25, -0.2) is 9.59 Å². The molecule has 0 aromatic heterocycles. The number of nitrogens with zero attached hydrogens (tertiary/aromatic N) is 1. The molecule has 0 aliphatic rings. The fourth-order valence-corrected chi connectivity index (χ4v) is 0.738. The fourth-order valence-electron chi connectivity index (χ4n) is 0.738. The summed E-state index contributed by atoms with van der Waals surface area (Å²) in [6, 6.07) is 1.66. The van der Waals surface area contributed by atoms with Crippen molar-refractivity contribution in [3.8, 4) is 6.07 Å². The molecule has 0 heterocycles. The van der Waals surface area contributed by atoms with Gasteiger partial charge in [0.2, 0.25) is 0 Å². The average Bonchev–Trinajstić information content (AvgIpc) is 2.30. The lowest BCUT2D eigenvalue weighted by Gasteiger charge is -2.05. The van der Waals surface area contributed by atoms with E-state index in [-0.39, 0.29) is 24.4 Å². The van der Waals surface area contributed by atoms with Gasteiger partial charge in [0.05, 0.1) is 0 Å². The van der Waals surface area contributed by atoms with Crippen molar-refractivity contribution in [3.63, 3.8) is 0 Å². The molecule has 0 amide bonds. The van der Waals surface area contributed by atoms with Crippen LogP contribution in [0.2, 0.25) is 0 Å². The second-order valence-electron chi connectivity index (χ2n) is 2.98. The molecule has 0 saturated carbocycles. The SMILES string of the molecule is C=CC=C(C#N)C(=O)OCCOC(=O)C(=C)C. The molecule has 0 rings (SSSR count). The summed E-state index contributed by atoms with van der Waals surface area (Å²) in [6.07, 6.45) is 2.54. The van der Waals surface area contributed by atoms with Crippen molar-refractivity contribution in [3.05, 3.63) is 36.5 Å². The summed E-state index contributed by atoms with van der Waals surface area (Å²) in [6.45, 7) is 8.06. The molecule has 0 bridgehead atoms. The van der Waals surface area contributed by atoms with Crippen molar-refractivity contribution in [2.45, 2.75) is 6.92 Å². The number of allylic oxidation sites excluding steroid dienone is 2. The van der Waals surface area contributed by atoms with Gasteiger partial charge >= 0.3 is 11.9 Å². The smallest absolute Gasteiger partial charge is 0.349 e. The number of esters is 2. The van der Waals surface area contributed by atoms with Crippen LogP contribution in [0.3, 0.4) is 0 Å². The van der Waals surface area contributed by atoms with E-state index in [0.29, 0.717) is 0 Å². The van der Waals surface area contributed by atoms with Gasteiger partial charge in [-0.2, -0.15) is 5.26 Å². The zero-order chi connectivity index (χ0) is 13.3. The summed E-state index contributed by atoms with van der Waals surface area (Å²) >= 11 is 0. The molecule has 0 radical (unpaired) electrons. The van der Waals surface area contributed by atoms with E-state index in [9.17, 15) is 9.59 Å². The Hall–Kier alpha value is -2.35. The highest BCUT2D eigenvalue weighted by Crippen LogP contribution is 1.97. The summed E-state index contributed by atoms with van der Waals surface area (Å²) in [7, 11) is 0. The Balaban J connectivity index is 3.99. The first-order valence-electron chi connectivity index (χ1n) is 4.75. The maximum Gasteiger partial charge on any atom is 0.349 e. The van der Waals surface area contributed by atoms with Gasteiger partial charge in [-0.1, -0.05) is 19.2 Å². The number of hydrogen-bond acceptors (Lipinski definition) is 5. The van der Waals surface area contributed by atoms with Crippen LogP contribution in [0, 0.1) is 11.3 Å². The third-order valence-electron chi connectivity index (χ3n) is 1.52. The minimum absolute atomic E-state index is 0.0791. The van der Waals surface area contributed by atoms with Crippen LogP contribution in [-0.2, 0) is 19.1 Å². The van der Waals surface area contributed by atoms with E-state index in [0.717, 1.165) is 0 Å². The van der Waals surface area contributed by atoms with E-state index in [1.165, 1.54) is 19.1 Å². The first-order valence-corrected chi connectivity index (χ1v) is 4.75. The highest BCUT2D eigenvalue weighted by Gasteiger charge is 2.09. The first kappa shape index (κ1) is 14.6. The molecule has 0 N–H and O–H groups in total. The first-order chi connectivity index (χ1) is 8.02. The topological polar surface area (TPSA) is 76.4 Å². The number of hydrogen-bond donors (Lipinski definition) is 0. The lowest BCUT2D eigenvalue weighted by atomic mass is 10.3. The largest absolute Gasteiger partial charge is 0.459 e. The Bertz CT molecular complexity index is 401. The van der Waals surface area contributed by atoms with E-state index >= 15 is 0 Å². The molecule has 0 atom stereocenters. The molecule has 0 saturated heterocycles. The normalized spacial score (nSPS) is 10.0. The van der Waals surface area contributed by atoms with Crippen molar-refractivity contribution in [2.75, 3.05) is 13.2 Å². The molecule has 0 aliphatic heterocycles. The highest BCUT2D eigenvalue weighted by molar-refractivity contribution is 5.93. The predicted molar refractivity (Wildman–Crippen MR) is 60.6 cm³/mol. The third-order valence-corrected chi connectivity index (χ3v) is 1.52. The molecule has 90 valence electrons. The van der Waals surface area contributed by atoms with Crippen molar-refractivity contribution >= 4 is 11.9 Å². The Labute approximate surface area is 99.6 Å². The van der Waals surface area contributed by atoms with Crippen LogP contribution in [0.25, 0.3) is 0 Å². The van der Waals surface area contributed by atoms with E-state index < -0.39 is 11.9 Å². The van der Waals surface area contributed by atoms with E-state index in [1.54, 1.807) is 6.07 Å². The number of ether oxygens (including phenoxy) is 2. The van der Waals surface area contributed by atoms with Gasteiger partial charge in [0.25, 0.3) is 0 Å². The molecular weight excluding hydrogens is 222 g/mol. The summed E-state index contributed by atoms with van der Waals surface area (Å²) in [5, 5.41) is 8.58. The summed E-state index contributed by atoms with van der Waals surface area (Å²) in [5.41, 5.74) is 0.104. The lowest BCUT2D eigenvalue weighted by Crippen LogP contribution is -2.14. The van der Waals surface area contributed by atoms with E-state index in [1.807, 2.05) is 0 Å². The van der Waals surface area contributed by atoms with Crippen molar-refractivity contribution < 1.29 is 19.1 Å². The fraction of sp³-hybridized carbons (Fsp3) is 0.250. The van der Waals surface area contributed by atoms with Crippen LogP contribution in [0.1, 0.15) is 6.92 Å². The molecule has 0 aromatic carbocycles. The zero-order valence-corrected chi connectivity index (χ0v) is 9.56. The summed E-state index contributed by atoms with van der Waals surface area (Å²) < 4.78 is 9.38. The molecule has 0 unspecified atom stereocenters. The van der Waals surface area contributed by atoms with Gasteiger partial charge in [-0.3, -0.25) is 0 Å². The quantitative estimate of drug-likeness (QED) is 0.228. The van der Waals surface area contributed by atoms with Crippen molar-refractivity contribution in [1.82, 2.24) is 0 Å². The maximum absolute atomic E-state index is 11.2. The van der Waals surface area contributed by atoms with Gasteiger partial charge in [-0.05, 0) is 13.0 Å². The number of rotatable bonds is 6. The van der Waals surface area contributed by atoms with Crippen LogP contribution in [0.15, 0.2) is 36.5 Å². The highest BCUT2D eigenvalue weighted by atomic mass is 16.6. The Morgan fingerprint density at radius 3 is 2.24 bits per heavy atom. The average molecular weight is 235 g/mol. The van der Waals surface area contributed by atoms with Crippen molar-refractivity contribution in [1.29, 1.82) is 5.26 Å². The van der Waals surface area contributed by atoms with E-state index in [2.05, 4.69) is 17.9 Å². The lowest BCUT2D eigenvalue weighted by molar-refractivity contribution is -0.147. The van der Waals surface area contributed by atoms with Crippen LogP contribution in [0.5, 0.6) is 0 Å². The minimum Gasteiger partial charge on any atom is -0.459 e. The van der Waals surface area contributed by atoms with Crippen LogP contribution in [0.4, 0.5) is 0 Å². The number of nitriles is 1. The molecule has 0 spiro atoms. The van der Waals surface area contributed by atoms with E-state index in [4.69, 9.17) is 10.00 Å². The van der Waals surface area contributed by atoms with Gasteiger partial charge in [0.1, 0.15) is 24.9 Å². The van der Waals surface area contributed by atoms with Gasteiger partial charge in [0.15, 0.2) is 0 Å². The standard InChI is InChI=1S/C12H13NO4/c1-4-5-10(8-13)12(15)17-7-6-16-11(14)9(2)3/h4-5H,1-2,6-7H2,3H3. The van der Waals surface area contributed by atoms with Gasteiger partial charge in [0, 0.05) is 5.57 Å². The third kappa shape index (κ3) is 5.95. The maximum atomic E-state index is 11.2. The Morgan fingerprint density at radius 2 is 1.82 bits per heavy atom. The number of carbonyl (C=O) groups is 2. The summed E-state index contributed by atoms with van der Waals surface area (Å²) in [5.74, 6) is -1.33. The molecular formula is C12H13NO4. The molecule has 5 nitrogen and oxygen atoms in total. The minimum atomic E-state index is -0.779. The zero-order valence-electron chi connectivity index (χ0n) is 9.56. The molecule has 0 aliphatic carbocycles. The number of carbonyl (C=O) groups excluding carboxylic acids is 2. The van der Waals surface area contributed by atoms with Gasteiger partial charge in [-0.15, -0.1) is 0 Å². The molecule has 0 aromatic rings. The van der Waals surface area contributed by atoms with Crippen LogP contribution < -0.4 is 0 Å².